The van der Waals surface area contributed by atoms with E-state index in [0.717, 1.165) is 30.6 Å². The van der Waals surface area contributed by atoms with Crippen molar-refractivity contribution in [2.24, 2.45) is 0 Å². The molecule has 2 aromatic heterocycles. The van der Waals surface area contributed by atoms with Crippen LogP contribution in [0.2, 0.25) is 0 Å². The van der Waals surface area contributed by atoms with E-state index in [1.54, 1.807) is 12.5 Å². The van der Waals surface area contributed by atoms with Crippen LogP contribution in [-0.2, 0) is 13.0 Å². The van der Waals surface area contributed by atoms with Crippen LogP contribution in [0.1, 0.15) is 11.1 Å². The second-order valence-electron chi connectivity index (χ2n) is 4.85. The van der Waals surface area contributed by atoms with Crippen molar-refractivity contribution in [2.45, 2.75) is 13.0 Å². The summed E-state index contributed by atoms with van der Waals surface area (Å²) in [7, 11) is 0. The molecule has 100 valence electrons. The van der Waals surface area contributed by atoms with Gasteiger partial charge in [0.25, 0.3) is 5.89 Å². The summed E-state index contributed by atoms with van der Waals surface area (Å²) in [5.41, 5.74) is 4.47. The SMILES string of the molecule is c1cc(-c2noc(-c3ccc4c(c3)CNCC4)n2)co1. The molecular weight excluding hydrogens is 254 g/mol. The second kappa shape index (κ2) is 4.61. The Kier molecular flexibility index (Phi) is 2.63. The molecule has 20 heavy (non-hydrogen) atoms. The first-order valence-corrected chi connectivity index (χ1v) is 6.59. The molecule has 1 aromatic carbocycles. The summed E-state index contributed by atoms with van der Waals surface area (Å²) in [5.74, 6) is 1.08. The predicted octanol–water partition coefficient (Wildman–Crippen LogP) is 2.64. The Morgan fingerprint density at radius 3 is 3.00 bits per heavy atom. The summed E-state index contributed by atoms with van der Waals surface area (Å²) in [6, 6.07) is 8.11. The molecule has 4 rings (SSSR count). The summed E-state index contributed by atoms with van der Waals surface area (Å²) in [5, 5.41) is 7.35. The van der Waals surface area contributed by atoms with Crippen molar-refractivity contribution in [3.8, 4) is 22.8 Å². The average Bonchev–Trinajstić information content (AvgIpc) is 3.17. The number of hydrogen-bond acceptors (Lipinski definition) is 5. The molecule has 0 unspecified atom stereocenters. The largest absolute Gasteiger partial charge is 0.472 e. The maximum atomic E-state index is 5.34. The lowest BCUT2D eigenvalue weighted by molar-refractivity contribution is 0.432. The van der Waals surface area contributed by atoms with E-state index >= 15 is 0 Å². The summed E-state index contributed by atoms with van der Waals surface area (Å²) in [6.07, 6.45) is 4.26. The number of fused-ring (bicyclic) bond motifs is 1. The Morgan fingerprint density at radius 1 is 1.10 bits per heavy atom. The minimum absolute atomic E-state index is 0.537. The molecule has 0 aliphatic carbocycles. The van der Waals surface area contributed by atoms with E-state index in [1.165, 1.54) is 11.1 Å². The topological polar surface area (TPSA) is 64.1 Å². The molecule has 0 radical (unpaired) electrons. The van der Waals surface area contributed by atoms with E-state index in [0.29, 0.717) is 11.7 Å². The molecule has 1 aliphatic heterocycles. The number of aromatic nitrogens is 2. The first-order chi connectivity index (χ1) is 9.90. The van der Waals surface area contributed by atoms with Crippen molar-refractivity contribution in [2.75, 3.05) is 6.54 Å². The van der Waals surface area contributed by atoms with Crippen LogP contribution >= 0.6 is 0 Å². The predicted molar refractivity (Wildman–Crippen MR) is 72.8 cm³/mol. The molecule has 5 nitrogen and oxygen atoms in total. The lowest BCUT2D eigenvalue weighted by atomic mass is 9.98. The van der Waals surface area contributed by atoms with Crippen LogP contribution in [0.5, 0.6) is 0 Å². The lowest BCUT2D eigenvalue weighted by Crippen LogP contribution is -2.23. The van der Waals surface area contributed by atoms with Gasteiger partial charge >= 0.3 is 0 Å². The monoisotopic (exact) mass is 267 g/mol. The molecule has 3 aromatic rings. The highest BCUT2D eigenvalue weighted by Crippen LogP contribution is 2.25. The maximum absolute atomic E-state index is 5.34. The highest BCUT2D eigenvalue weighted by atomic mass is 16.5. The fourth-order valence-corrected chi connectivity index (χ4v) is 2.46. The fraction of sp³-hybridized carbons (Fsp3) is 0.200. The van der Waals surface area contributed by atoms with Gasteiger partial charge < -0.3 is 14.3 Å². The fourth-order valence-electron chi connectivity index (χ4n) is 2.46. The minimum Gasteiger partial charge on any atom is -0.472 e. The Hall–Kier alpha value is -2.40. The van der Waals surface area contributed by atoms with Gasteiger partial charge in [-0.3, -0.25) is 0 Å². The van der Waals surface area contributed by atoms with E-state index in [9.17, 15) is 0 Å². The van der Waals surface area contributed by atoms with Crippen LogP contribution in [0.15, 0.2) is 45.7 Å². The quantitative estimate of drug-likeness (QED) is 0.773. The number of furan rings is 1. The molecule has 0 spiro atoms. The number of rotatable bonds is 2. The average molecular weight is 267 g/mol. The van der Waals surface area contributed by atoms with Crippen molar-refractivity contribution >= 4 is 0 Å². The van der Waals surface area contributed by atoms with Gasteiger partial charge in [0, 0.05) is 12.1 Å². The summed E-state index contributed by atoms with van der Waals surface area (Å²) < 4.78 is 10.4. The molecule has 0 saturated carbocycles. The van der Waals surface area contributed by atoms with E-state index in [1.807, 2.05) is 12.1 Å². The minimum atomic E-state index is 0.537. The molecule has 0 saturated heterocycles. The van der Waals surface area contributed by atoms with E-state index < -0.39 is 0 Å². The molecular formula is C15H13N3O2. The third-order valence-corrected chi connectivity index (χ3v) is 3.55. The normalized spacial score (nSPS) is 14.2. The first kappa shape index (κ1) is 11.4. The van der Waals surface area contributed by atoms with Gasteiger partial charge in [-0.05, 0) is 42.3 Å². The van der Waals surface area contributed by atoms with Crippen LogP contribution in [0, 0.1) is 0 Å². The van der Waals surface area contributed by atoms with Gasteiger partial charge in [-0.1, -0.05) is 11.2 Å². The van der Waals surface area contributed by atoms with Crippen molar-refractivity contribution in [1.29, 1.82) is 0 Å². The third kappa shape index (κ3) is 1.92. The summed E-state index contributed by atoms with van der Waals surface area (Å²) >= 11 is 0. The van der Waals surface area contributed by atoms with Crippen LogP contribution < -0.4 is 5.32 Å². The number of hydrogen-bond donors (Lipinski definition) is 1. The summed E-state index contributed by atoms with van der Waals surface area (Å²) in [6.45, 7) is 1.93. The molecule has 1 N–H and O–H groups in total. The first-order valence-electron chi connectivity index (χ1n) is 6.59. The third-order valence-electron chi connectivity index (χ3n) is 3.55. The van der Waals surface area contributed by atoms with Gasteiger partial charge in [0.2, 0.25) is 5.82 Å². The van der Waals surface area contributed by atoms with E-state index in [-0.39, 0.29) is 0 Å². The van der Waals surface area contributed by atoms with E-state index in [4.69, 9.17) is 8.94 Å². The number of benzene rings is 1. The Labute approximate surface area is 115 Å². The van der Waals surface area contributed by atoms with Gasteiger partial charge in [-0.2, -0.15) is 4.98 Å². The highest BCUT2D eigenvalue weighted by Gasteiger charge is 2.14. The zero-order chi connectivity index (χ0) is 13.4. The molecule has 5 heteroatoms. The molecule has 0 bridgehead atoms. The molecule has 3 heterocycles. The molecule has 0 fully saturated rings. The molecule has 0 amide bonds. The second-order valence-corrected chi connectivity index (χ2v) is 4.85. The van der Waals surface area contributed by atoms with Crippen molar-refractivity contribution < 1.29 is 8.94 Å². The Bertz CT molecular complexity index is 731. The van der Waals surface area contributed by atoms with Crippen molar-refractivity contribution in [1.82, 2.24) is 15.5 Å². The molecule has 0 atom stereocenters. The zero-order valence-corrected chi connectivity index (χ0v) is 10.8. The summed E-state index contributed by atoms with van der Waals surface area (Å²) in [4.78, 5) is 4.41. The van der Waals surface area contributed by atoms with Gasteiger partial charge in [-0.25, -0.2) is 0 Å². The van der Waals surface area contributed by atoms with Crippen LogP contribution in [0.3, 0.4) is 0 Å². The van der Waals surface area contributed by atoms with Gasteiger partial charge in [0.05, 0.1) is 11.8 Å². The number of nitrogens with one attached hydrogen (secondary N) is 1. The van der Waals surface area contributed by atoms with Crippen LogP contribution in [-0.4, -0.2) is 16.7 Å². The van der Waals surface area contributed by atoms with Gasteiger partial charge in [-0.15, -0.1) is 0 Å². The Morgan fingerprint density at radius 2 is 2.10 bits per heavy atom. The van der Waals surface area contributed by atoms with Crippen molar-refractivity contribution in [3.63, 3.8) is 0 Å². The standard InChI is InChI=1S/C15H13N3O2/c1-2-11(7-13-8-16-5-3-10(1)13)15-17-14(18-20-15)12-4-6-19-9-12/h1-2,4,6-7,9,16H,3,5,8H2. The highest BCUT2D eigenvalue weighted by molar-refractivity contribution is 5.60. The van der Waals surface area contributed by atoms with Gasteiger partial charge in [0.15, 0.2) is 0 Å². The van der Waals surface area contributed by atoms with Crippen LogP contribution in [0.25, 0.3) is 22.8 Å². The number of nitrogens with zero attached hydrogens (tertiary/aromatic N) is 2. The van der Waals surface area contributed by atoms with Gasteiger partial charge in [0.1, 0.15) is 6.26 Å². The van der Waals surface area contributed by atoms with Crippen LogP contribution in [0.4, 0.5) is 0 Å². The van der Waals surface area contributed by atoms with E-state index in [2.05, 4.69) is 27.6 Å². The molecule has 1 aliphatic rings. The lowest BCUT2D eigenvalue weighted by Gasteiger charge is -2.16. The Balaban J connectivity index is 1.71. The smallest absolute Gasteiger partial charge is 0.258 e. The van der Waals surface area contributed by atoms with Crippen molar-refractivity contribution in [3.05, 3.63) is 47.9 Å². The maximum Gasteiger partial charge on any atom is 0.258 e. The zero-order valence-electron chi connectivity index (χ0n) is 10.8.